The smallest absolute Gasteiger partial charge is 0.261 e. The molecule has 0 aliphatic carbocycles. The average Bonchev–Trinajstić information content (AvgIpc) is 2.91. The molecule has 0 amide bonds. The molecule has 0 atom stereocenters. The van der Waals surface area contributed by atoms with Crippen LogP contribution in [-0.2, 0) is 6.54 Å². The Bertz CT molecular complexity index is 961. The fraction of sp³-hybridized carbons (Fsp3) is 0.118. The molecule has 0 unspecified atom stereocenters. The van der Waals surface area contributed by atoms with Gasteiger partial charge in [0.15, 0.2) is 0 Å². The second kappa shape index (κ2) is 5.07. The fourth-order valence-electron chi connectivity index (χ4n) is 2.79. The first-order valence-corrected chi connectivity index (χ1v) is 7.41. The minimum atomic E-state index is -0.00810. The lowest BCUT2D eigenvalue weighted by atomic mass is 10.1. The largest absolute Gasteiger partial charge is 0.292 e. The van der Waals surface area contributed by atoms with Crippen LogP contribution < -0.4 is 5.56 Å². The highest BCUT2D eigenvalue weighted by Gasteiger charge is 2.20. The van der Waals surface area contributed by atoms with E-state index in [-0.39, 0.29) is 5.56 Å². The molecule has 0 saturated heterocycles. The van der Waals surface area contributed by atoms with Crippen LogP contribution in [0.4, 0.5) is 0 Å². The molecule has 5 heteroatoms. The molecule has 4 nitrogen and oxygen atoms in total. The van der Waals surface area contributed by atoms with Gasteiger partial charge < -0.3 is 0 Å². The van der Waals surface area contributed by atoms with Gasteiger partial charge in [-0.25, -0.2) is 4.98 Å². The normalized spacial score (nSPS) is 15.4. The lowest BCUT2D eigenvalue weighted by Crippen LogP contribution is -2.20. The number of benzene rings is 1. The van der Waals surface area contributed by atoms with E-state index in [0.29, 0.717) is 22.5 Å². The molecule has 4 rings (SSSR count). The van der Waals surface area contributed by atoms with Gasteiger partial charge in [0.05, 0.1) is 10.9 Å². The zero-order valence-corrected chi connectivity index (χ0v) is 12.4. The Morgan fingerprint density at radius 1 is 1.27 bits per heavy atom. The van der Waals surface area contributed by atoms with Crippen LogP contribution in [0.1, 0.15) is 17.8 Å². The number of hydrogen-bond donors (Lipinski definition) is 0. The molecular weight excluding hydrogens is 298 g/mol. The van der Waals surface area contributed by atoms with Crippen molar-refractivity contribution in [3.8, 4) is 0 Å². The van der Waals surface area contributed by atoms with Gasteiger partial charge in [0.1, 0.15) is 5.82 Å². The van der Waals surface area contributed by atoms with Gasteiger partial charge in [-0.3, -0.25) is 14.3 Å². The van der Waals surface area contributed by atoms with Gasteiger partial charge in [0.25, 0.3) is 5.56 Å². The van der Waals surface area contributed by atoms with Gasteiger partial charge in [-0.15, -0.1) is 0 Å². The number of allylic oxidation sites excluding steroid dienone is 1. The summed E-state index contributed by atoms with van der Waals surface area (Å²) < 4.78 is 1.73. The monoisotopic (exact) mass is 309 g/mol. The van der Waals surface area contributed by atoms with Crippen LogP contribution in [-0.4, -0.2) is 14.5 Å². The van der Waals surface area contributed by atoms with Gasteiger partial charge in [0, 0.05) is 24.0 Å². The summed E-state index contributed by atoms with van der Waals surface area (Å²) in [7, 11) is 0. The zero-order valence-electron chi connectivity index (χ0n) is 11.7. The number of hydrogen-bond acceptors (Lipinski definition) is 3. The highest BCUT2D eigenvalue weighted by Crippen LogP contribution is 2.27. The molecule has 3 heterocycles. The van der Waals surface area contributed by atoms with E-state index in [1.165, 1.54) is 0 Å². The Morgan fingerprint density at radius 3 is 3.00 bits per heavy atom. The molecule has 0 radical (unpaired) electrons. The Hall–Kier alpha value is -2.46. The van der Waals surface area contributed by atoms with E-state index in [1.54, 1.807) is 35.2 Å². The van der Waals surface area contributed by atoms with E-state index in [4.69, 9.17) is 11.6 Å². The Kier molecular flexibility index (Phi) is 3.05. The first-order valence-electron chi connectivity index (χ1n) is 7.03. The predicted octanol–water partition coefficient (Wildman–Crippen LogP) is 3.39. The van der Waals surface area contributed by atoms with Crippen LogP contribution in [0.2, 0.25) is 5.02 Å². The Labute approximate surface area is 131 Å². The first-order chi connectivity index (χ1) is 10.7. The van der Waals surface area contributed by atoms with Crippen LogP contribution >= 0.6 is 11.6 Å². The maximum absolute atomic E-state index is 12.6. The molecule has 0 saturated carbocycles. The number of fused-ring (bicyclic) bond motifs is 2. The van der Waals surface area contributed by atoms with Gasteiger partial charge in [0.2, 0.25) is 0 Å². The molecule has 0 spiro atoms. The lowest BCUT2D eigenvalue weighted by molar-refractivity contribution is 0.725. The van der Waals surface area contributed by atoms with Crippen molar-refractivity contribution in [3.05, 3.63) is 69.5 Å². The van der Waals surface area contributed by atoms with Crippen molar-refractivity contribution < 1.29 is 0 Å². The van der Waals surface area contributed by atoms with Crippen LogP contribution in [0.15, 0.2) is 47.5 Å². The second-order valence-electron chi connectivity index (χ2n) is 5.26. The van der Waals surface area contributed by atoms with Crippen molar-refractivity contribution in [1.29, 1.82) is 0 Å². The third-order valence-corrected chi connectivity index (χ3v) is 4.07. The zero-order chi connectivity index (χ0) is 15.1. The summed E-state index contributed by atoms with van der Waals surface area (Å²) in [6.07, 6.45) is 6.37. The Morgan fingerprint density at radius 2 is 2.18 bits per heavy atom. The van der Waals surface area contributed by atoms with Crippen LogP contribution in [0, 0.1) is 0 Å². The van der Waals surface area contributed by atoms with Gasteiger partial charge >= 0.3 is 0 Å². The minimum absolute atomic E-state index is 0.00810. The summed E-state index contributed by atoms with van der Waals surface area (Å²) in [5, 5.41) is 1.19. The number of rotatable bonds is 1. The van der Waals surface area contributed by atoms with Gasteiger partial charge in [-0.1, -0.05) is 17.7 Å². The minimum Gasteiger partial charge on any atom is -0.292 e. The van der Waals surface area contributed by atoms with Gasteiger partial charge in [-0.05, 0) is 47.9 Å². The summed E-state index contributed by atoms with van der Waals surface area (Å²) >= 11 is 6.02. The van der Waals surface area contributed by atoms with E-state index < -0.39 is 0 Å². The van der Waals surface area contributed by atoms with Crippen molar-refractivity contribution in [2.24, 2.45) is 0 Å². The van der Waals surface area contributed by atoms with E-state index in [9.17, 15) is 4.79 Å². The quantitative estimate of drug-likeness (QED) is 0.692. The molecule has 1 aliphatic rings. The predicted molar refractivity (Wildman–Crippen MR) is 87.7 cm³/mol. The highest BCUT2D eigenvalue weighted by molar-refractivity contribution is 6.31. The summed E-state index contributed by atoms with van der Waals surface area (Å²) in [6.45, 7) is 0.659. The SMILES string of the molecule is O=c1c2ccc(Cl)cc2nc2n1CC/C2=C\c1cccnc1. The Balaban J connectivity index is 1.93. The molecule has 2 aromatic heterocycles. The van der Waals surface area contributed by atoms with E-state index >= 15 is 0 Å². The van der Waals surface area contributed by atoms with Crippen molar-refractivity contribution in [1.82, 2.24) is 14.5 Å². The number of pyridine rings is 1. The highest BCUT2D eigenvalue weighted by atomic mass is 35.5. The fourth-order valence-corrected chi connectivity index (χ4v) is 2.96. The molecular formula is C17H12ClN3O. The molecule has 22 heavy (non-hydrogen) atoms. The maximum atomic E-state index is 12.6. The van der Waals surface area contributed by atoms with Crippen LogP contribution in [0.5, 0.6) is 0 Å². The molecule has 1 aliphatic heterocycles. The van der Waals surface area contributed by atoms with E-state index in [2.05, 4.69) is 9.97 Å². The van der Waals surface area contributed by atoms with Crippen molar-refractivity contribution in [2.75, 3.05) is 0 Å². The topological polar surface area (TPSA) is 47.8 Å². The first kappa shape index (κ1) is 13.2. The third-order valence-electron chi connectivity index (χ3n) is 3.83. The average molecular weight is 310 g/mol. The van der Waals surface area contributed by atoms with Crippen molar-refractivity contribution in [2.45, 2.75) is 13.0 Å². The second-order valence-corrected chi connectivity index (χ2v) is 5.70. The summed E-state index contributed by atoms with van der Waals surface area (Å²) in [6, 6.07) is 9.07. The molecule has 1 aromatic carbocycles. The number of aromatic nitrogens is 3. The standard InChI is InChI=1S/C17H12ClN3O/c18-13-3-4-14-15(9-13)20-16-12(5-7-21(16)17(14)22)8-11-2-1-6-19-10-11/h1-4,6,8-10H,5,7H2/b12-8+. The van der Waals surface area contributed by atoms with E-state index in [1.807, 2.05) is 18.2 Å². The molecule has 3 aromatic rings. The third kappa shape index (κ3) is 2.12. The van der Waals surface area contributed by atoms with Crippen molar-refractivity contribution >= 4 is 34.2 Å². The van der Waals surface area contributed by atoms with E-state index in [0.717, 1.165) is 23.4 Å². The van der Waals surface area contributed by atoms with Crippen LogP contribution in [0.25, 0.3) is 22.6 Å². The molecule has 0 N–H and O–H groups in total. The van der Waals surface area contributed by atoms with Gasteiger partial charge in [-0.2, -0.15) is 0 Å². The number of halogens is 1. The summed E-state index contributed by atoms with van der Waals surface area (Å²) in [5.74, 6) is 0.726. The van der Waals surface area contributed by atoms with Crippen LogP contribution in [0.3, 0.4) is 0 Å². The lowest BCUT2D eigenvalue weighted by Gasteiger charge is -2.05. The number of nitrogens with zero attached hydrogens (tertiary/aromatic N) is 3. The molecule has 0 fully saturated rings. The molecule has 0 bridgehead atoms. The summed E-state index contributed by atoms with van der Waals surface area (Å²) in [5.41, 5.74) is 2.69. The summed E-state index contributed by atoms with van der Waals surface area (Å²) in [4.78, 5) is 21.3. The maximum Gasteiger partial charge on any atom is 0.261 e. The van der Waals surface area contributed by atoms with Crippen molar-refractivity contribution in [3.63, 3.8) is 0 Å². The molecule has 108 valence electrons.